The first-order valence-electron chi connectivity index (χ1n) is 4.72. The van der Waals surface area contributed by atoms with Crippen LogP contribution in [-0.2, 0) is 0 Å². The van der Waals surface area contributed by atoms with Crippen LogP contribution in [0, 0.1) is 5.92 Å². The number of allylic oxidation sites excluding steroid dienone is 4. The third-order valence-corrected chi connectivity index (χ3v) is 2.13. The molecule has 0 saturated heterocycles. The molecule has 0 fully saturated rings. The normalized spacial score (nSPS) is 13.8. The Bertz CT molecular complexity index is 201. The number of rotatable bonds is 6. The highest BCUT2D eigenvalue weighted by molar-refractivity contribution is 5.03. The monoisotopic (exact) mass is 180 g/mol. The number of aliphatic hydroxyl groups is 1. The number of hydrogen-bond acceptors (Lipinski definition) is 1. The van der Waals surface area contributed by atoms with E-state index in [2.05, 4.69) is 26.2 Å². The standard InChI is InChI=1S/C12H20O/c1-5-7-10(2)8-6-9-11(3)12(4)13/h5,8,11,13H,1,4,6-7,9H2,2-3H3/b10-8+. The second kappa shape index (κ2) is 6.53. The number of hydrogen-bond donors (Lipinski definition) is 1. The van der Waals surface area contributed by atoms with Crippen LogP contribution in [0.25, 0.3) is 0 Å². The lowest BCUT2D eigenvalue weighted by Gasteiger charge is -2.07. The summed E-state index contributed by atoms with van der Waals surface area (Å²) in [6, 6.07) is 0. The zero-order valence-corrected chi connectivity index (χ0v) is 8.71. The van der Waals surface area contributed by atoms with Gasteiger partial charge in [0.15, 0.2) is 0 Å². The molecule has 1 atom stereocenters. The van der Waals surface area contributed by atoms with Gasteiger partial charge in [-0.2, -0.15) is 0 Å². The predicted octanol–water partition coefficient (Wildman–Crippen LogP) is 4.00. The molecule has 0 aromatic heterocycles. The van der Waals surface area contributed by atoms with E-state index in [0.717, 1.165) is 19.3 Å². The molecule has 0 aliphatic rings. The van der Waals surface area contributed by atoms with Crippen LogP contribution in [0.3, 0.4) is 0 Å². The predicted molar refractivity (Wildman–Crippen MR) is 58.7 cm³/mol. The van der Waals surface area contributed by atoms with Gasteiger partial charge in [-0.15, -0.1) is 6.58 Å². The van der Waals surface area contributed by atoms with E-state index in [4.69, 9.17) is 5.11 Å². The average Bonchev–Trinajstić information content (AvgIpc) is 2.04. The van der Waals surface area contributed by atoms with Gasteiger partial charge < -0.3 is 5.11 Å². The van der Waals surface area contributed by atoms with E-state index >= 15 is 0 Å². The molecule has 0 rings (SSSR count). The van der Waals surface area contributed by atoms with Gasteiger partial charge in [-0.05, 0) is 26.2 Å². The summed E-state index contributed by atoms with van der Waals surface area (Å²) in [5.74, 6) is 0.488. The van der Waals surface area contributed by atoms with Crippen molar-refractivity contribution in [2.24, 2.45) is 5.92 Å². The van der Waals surface area contributed by atoms with E-state index in [9.17, 15) is 0 Å². The van der Waals surface area contributed by atoms with Gasteiger partial charge in [-0.1, -0.05) is 31.2 Å². The SMILES string of the molecule is C=CC/C(C)=C/CCC(C)C(=C)O. The Hall–Kier alpha value is -0.980. The van der Waals surface area contributed by atoms with Gasteiger partial charge in [0.1, 0.15) is 0 Å². The first-order chi connectivity index (χ1) is 6.07. The molecule has 1 N–H and O–H groups in total. The van der Waals surface area contributed by atoms with Gasteiger partial charge in [0.05, 0.1) is 5.76 Å². The van der Waals surface area contributed by atoms with Crippen LogP contribution in [0.2, 0.25) is 0 Å². The lowest BCUT2D eigenvalue weighted by molar-refractivity contribution is 0.335. The summed E-state index contributed by atoms with van der Waals surface area (Å²) in [7, 11) is 0. The van der Waals surface area contributed by atoms with E-state index in [1.54, 1.807) is 0 Å². The lowest BCUT2D eigenvalue weighted by atomic mass is 10.0. The maximum atomic E-state index is 9.06. The summed E-state index contributed by atoms with van der Waals surface area (Å²) in [6.07, 6.45) is 7.01. The van der Waals surface area contributed by atoms with Crippen molar-refractivity contribution in [3.63, 3.8) is 0 Å². The molecule has 0 aliphatic carbocycles. The van der Waals surface area contributed by atoms with Crippen molar-refractivity contribution in [3.05, 3.63) is 36.6 Å². The summed E-state index contributed by atoms with van der Waals surface area (Å²) in [4.78, 5) is 0. The molecule has 0 heterocycles. The molecule has 0 aliphatic heterocycles. The van der Waals surface area contributed by atoms with Crippen molar-refractivity contribution < 1.29 is 5.11 Å². The van der Waals surface area contributed by atoms with Gasteiger partial charge in [0.25, 0.3) is 0 Å². The van der Waals surface area contributed by atoms with E-state index in [1.807, 2.05) is 13.0 Å². The Balaban J connectivity index is 3.71. The van der Waals surface area contributed by atoms with Gasteiger partial charge in [-0.3, -0.25) is 0 Å². The third kappa shape index (κ3) is 6.21. The van der Waals surface area contributed by atoms with Crippen molar-refractivity contribution in [2.45, 2.75) is 33.1 Å². The van der Waals surface area contributed by atoms with Gasteiger partial charge in [0.2, 0.25) is 0 Å². The zero-order chi connectivity index (χ0) is 10.3. The van der Waals surface area contributed by atoms with Crippen LogP contribution < -0.4 is 0 Å². The molecule has 13 heavy (non-hydrogen) atoms. The summed E-state index contributed by atoms with van der Waals surface area (Å²) < 4.78 is 0. The van der Waals surface area contributed by atoms with Crippen LogP contribution in [0.1, 0.15) is 33.1 Å². The highest BCUT2D eigenvalue weighted by Crippen LogP contribution is 2.14. The molecule has 0 amide bonds. The Labute approximate surface area is 81.5 Å². The Morgan fingerprint density at radius 1 is 1.54 bits per heavy atom. The maximum absolute atomic E-state index is 9.06. The zero-order valence-electron chi connectivity index (χ0n) is 8.71. The first-order valence-corrected chi connectivity index (χ1v) is 4.72. The topological polar surface area (TPSA) is 20.2 Å². The molecule has 0 spiro atoms. The molecule has 74 valence electrons. The minimum Gasteiger partial charge on any atom is -0.513 e. The van der Waals surface area contributed by atoms with Crippen molar-refractivity contribution >= 4 is 0 Å². The Kier molecular flexibility index (Phi) is 6.03. The van der Waals surface area contributed by atoms with Gasteiger partial charge in [0, 0.05) is 5.92 Å². The van der Waals surface area contributed by atoms with Crippen LogP contribution >= 0.6 is 0 Å². The summed E-state index contributed by atoms with van der Waals surface area (Å²) in [5.41, 5.74) is 1.34. The van der Waals surface area contributed by atoms with E-state index < -0.39 is 0 Å². The largest absolute Gasteiger partial charge is 0.513 e. The van der Waals surface area contributed by atoms with E-state index in [-0.39, 0.29) is 11.7 Å². The second-order valence-electron chi connectivity index (χ2n) is 3.51. The molecule has 0 saturated carbocycles. The minimum atomic E-state index is 0.202. The van der Waals surface area contributed by atoms with E-state index in [0.29, 0.717) is 0 Å². The van der Waals surface area contributed by atoms with Crippen LogP contribution in [0.15, 0.2) is 36.6 Å². The Morgan fingerprint density at radius 3 is 2.62 bits per heavy atom. The van der Waals surface area contributed by atoms with Crippen LogP contribution in [0.4, 0.5) is 0 Å². The fourth-order valence-electron chi connectivity index (χ4n) is 1.06. The molecular formula is C12H20O. The smallest absolute Gasteiger partial charge is 0.0879 e. The summed E-state index contributed by atoms with van der Waals surface area (Å²) >= 11 is 0. The lowest BCUT2D eigenvalue weighted by Crippen LogP contribution is -1.96. The van der Waals surface area contributed by atoms with Crippen LogP contribution in [-0.4, -0.2) is 5.11 Å². The van der Waals surface area contributed by atoms with Crippen molar-refractivity contribution in [2.75, 3.05) is 0 Å². The molecular weight excluding hydrogens is 160 g/mol. The number of aliphatic hydroxyl groups excluding tert-OH is 1. The minimum absolute atomic E-state index is 0.202. The fourth-order valence-corrected chi connectivity index (χ4v) is 1.06. The van der Waals surface area contributed by atoms with E-state index in [1.165, 1.54) is 5.57 Å². The average molecular weight is 180 g/mol. The summed E-state index contributed by atoms with van der Waals surface area (Å²) in [5, 5.41) is 9.06. The molecule has 0 aromatic carbocycles. The quantitative estimate of drug-likeness (QED) is 0.484. The van der Waals surface area contributed by atoms with Crippen molar-refractivity contribution in [3.8, 4) is 0 Å². The second-order valence-corrected chi connectivity index (χ2v) is 3.51. The van der Waals surface area contributed by atoms with Crippen LogP contribution in [0.5, 0.6) is 0 Å². The highest BCUT2D eigenvalue weighted by Gasteiger charge is 2.02. The summed E-state index contributed by atoms with van der Waals surface area (Å²) in [6.45, 7) is 11.3. The third-order valence-electron chi connectivity index (χ3n) is 2.13. The molecule has 1 unspecified atom stereocenters. The van der Waals surface area contributed by atoms with Crippen molar-refractivity contribution in [1.29, 1.82) is 0 Å². The molecule has 1 heteroatoms. The molecule has 0 radical (unpaired) electrons. The van der Waals surface area contributed by atoms with Gasteiger partial charge in [-0.25, -0.2) is 0 Å². The molecule has 1 nitrogen and oxygen atoms in total. The molecule has 0 bridgehead atoms. The van der Waals surface area contributed by atoms with Gasteiger partial charge >= 0.3 is 0 Å². The maximum Gasteiger partial charge on any atom is 0.0879 e. The Morgan fingerprint density at radius 2 is 2.15 bits per heavy atom. The first kappa shape index (κ1) is 12.0. The fraction of sp³-hybridized carbons (Fsp3) is 0.500. The highest BCUT2D eigenvalue weighted by atomic mass is 16.3. The van der Waals surface area contributed by atoms with Crippen molar-refractivity contribution in [1.82, 2.24) is 0 Å². The molecule has 0 aromatic rings.